The fraction of sp³-hybridized carbons (Fsp3) is 0.643. The van der Waals surface area contributed by atoms with Gasteiger partial charge in [0.1, 0.15) is 0 Å². The predicted molar refractivity (Wildman–Crippen MR) is 68.9 cm³/mol. The molecule has 3 nitrogen and oxygen atoms in total. The second-order valence-corrected chi connectivity index (χ2v) is 4.74. The molecule has 1 aromatic heterocycles. The molecule has 2 heterocycles. The molecule has 0 saturated carbocycles. The number of rotatable bonds is 5. The molecular formula is C14H22N2O. The highest BCUT2D eigenvalue weighted by molar-refractivity contribution is 5.12. The van der Waals surface area contributed by atoms with Crippen molar-refractivity contribution in [3.63, 3.8) is 0 Å². The summed E-state index contributed by atoms with van der Waals surface area (Å²) < 4.78 is 5.71. The van der Waals surface area contributed by atoms with Gasteiger partial charge in [-0.3, -0.25) is 4.98 Å². The first kappa shape index (κ1) is 12.5. The van der Waals surface area contributed by atoms with Crippen LogP contribution in [0, 0.1) is 0 Å². The van der Waals surface area contributed by atoms with Gasteiger partial charge in [0.25, 0.3) is 0 Å². The molecule has 17 heavy (non-hydrogen) atoms. The lowest BCUT2D eigenvalue weighted by Gasteiger charge is -2.23. The van der Waals surface area contributed by atoms with Crippen LogP contribution in [0.3, 0.4) is 0 Å². The molecule has 1 aliphatic rings. The maximum absolute atomic E-state index is 5.71. The van der Waals surface area contributed by atoms with Crippen molar-refractivity contribution in [2.45, 2.75) is 44.8 Å². The average Bonchev–Trinajstić information content (AvgIpc) is 2.41. The zero-order valence-corrected chi connectivity index (χ0v) is 10.6. The quantitative estimate of drug-likeness (QED) is 0.850. The molecule has 2 rings (SSSR count). The van der Waals surface area contributed by atoms with Gasteiger partial charge in [-0.25, -0.2) is 0 Å². The number of hydrogen-bond donors (Lipinski definition) is 1. The molecule has 1 fully saturated rings. The minimum absolute atomic E-state index is 0.368. The van der Waals surface area contributed by atoms with Gasteiger partial charge in [-0.05, 0) is 50.8 Å². The summed E-state index contributed by atoms with van der Waals surface area (Å²) in [7, 11) is 0. The van der Waals surface area contributed by atoms with Crippen LogP contribution in [0.15, 0.2) is 24.5 Å². The highest BCUT2D eigenvalue weighted by Gasteiger charge is 2.13. The first-order valence-electron chi connectivity index (χ1n) is 6.61. The Labute approximate surface area is 104 Å². The van der Waals surface area contributed by atoms with Crippen molar-refractivity contribution in [2.24, 2.45) is 0 Å². The third-order valence-electron chi connectivity index (χ3n) is 3.38. The zero-order chi connectivity index (χ0) is 11.9. The number of hydrogen-bond acceptors (Lipinski definition) is 3. The van der Waals surface area contributed by atoms with E-state index in [9.17, 15) is 0 Å². The van der Waals surface area contributed by atoms with Crippen LogP contribution in [0.1, 0.15) is 44.2 Å². The molecule has 0 aliphatic carbocycles. The molecule has 2 atom stereocenters. The second-order valence-electron chi connectivity index (χ2n) is 4.74. The minimum Gasteiger partial charge on any atom is -0.378 e. The molecule has 1 aliphatic heterocycles. The molecule has 94 valence electrons. The van der Waals surface area contributed by atoms with Crippen molar-refractivity contribution in [1.29, 1.82) is 0 Å². The van der Waals surface area contributed by atoms with E-state index in [0.717, 1.165) is 19.6 Å². The number of pyridine rings is 1. The molecule has 1 aromatic rings. The Morgan fingerprint density at radius 3 is 3.18 bits per heavy atom. The summed E-state index contributed by atoms with van der Waals surface area (Å²) >= 11 is 0. The Morgan fingerprint density at radius 2 is 2.47 bits per heavy atom. The highest BCUT2D eigenvalue weighted by atomic mass is 16.5. The summed E-state index contributed by atoms with van der Waals surface area (Å²) in [6.07, 6.45) is 9.10. The van der Waals surface area contributed by atoms with Crippen LogP contribution in [0.5, 0.6) is 0 Å². The standard InChI is InChI=1S/C14H22N2O/c1-12(13-5-4-8-15-11-13)16-9-7-14-6-2-3-10-17-14/h4-5,8,11-12,14,16H,2-3,6-7,9-10H2,1H3. The fourth-order valence-corrected chi connectivity index (χ4v) is 2.25. The Morgan fingerprint density at radius 1 is 1.53 bits per heavy atom. The Hall–Kier alpha value is -0.930. The maximum Gasteiger partial charge on any atom is 0.0587 e. The van der Waals surface area contributed by atoms with Crippen molar-refractivity contribution in [2.75, 3.05) is 13.2 Å². The number of nitrogens with zero attached hydrogens (tertiary/aromatic N) is 1. The van der Waals surface area contributed by atoms with E-state index in [-0.39, 0.29) is 0 Å². The fourth-order valence-electron chi connectivity index (χ4n) is 2.25. The van der Waals surface area contributed by atoms with Crippen molar-refractivity contribution in [3.05, 3.63) is 30.1 Å². The largest absolute Gasteiger partial charge is 0.378 e. The molecular weight excluding hydrogens is 212 g/mol. The van der Waals surface area contributed by atoms with Crippen LogP contribution in [0.2, 0.25) is 0 Å². The number of ether oxygens (including phenoxy) is 1. The van der Waals surface area contributed by atoms with Gasteiger partial charge >= 0.3 is 0 Å². The molecule has 0 amide bonds. The van der Waals surface area contributed by atoms with E-state index in [1.54, 1.807) is 0 Å². The highest BCUT2D eigenvalue weighted by Crippen LogP contribution is 2.16. The van der Waals surface area contributed by atoms with Crippen LogP contribution in [-0.4, -0.2) is 24.2 Å². The lowest BCUT2D eigenvalue weighted by atomic mass is 10.1. The van der Waals surface area contributed by atoms with E-state index < -0.39 is 0 Å². The Bertz CT molecular complexity index is 309. The van der Waals surface area contributed by atoms with Crippen LogP contribution in [0.4, 0.5) is 0 Å². The molecule has 0 aromatic carbocycles. The molecule has 1 N–H and O–H groups in total. The van der Waals surface area contributed by atoms with Crippen LogP contribution in [-0.2, 0) is 4.74 Å². The first-order valence-corrected chi connectivity index (χ1v) is 6.61. The third-order valence-corrected chi connectivity index (χ3v) is 3.38. The summed E-state index contributed by atoms with van der Waals surface area (Å²) in [6.45, 7) is 4.14. The second kappa shape index (κ2) is 6.72. The van der Waals surface area contributed by atoms with E-state index in [0.29, 0.717) is 12.1 Å². The van der Waals surface area contributed by atoms with E-state index in [1.807, 2.05) is 18.5 Å². The summed E-state index contributed by atoms with van der Waals surface area (Å²) in [5.41, 5.74) is 1.25. The molecule has 0 bridgehead atoms. The number of aromatic nitrogens is 1. The normalized spacial score (nSPS) is 22.3. The van der Waals surface area contributed by atoms with E-state index in [4.69, 9.17) is 4.74 Å². The van der Waals surface area contributed by atoms with Gasteiger partial charge < -0.3 is 10.1 Å². The summed E-state index contributed by atoms with van der Waals surface area (Å²) in [5.74, 6) is 0. The van der Waals surface area contributed by atoms with Gasteiger partial charge in [0.2, 0.25) is 0 Å². The monoisotopic (exact) mass is 234 g/mol. The van der Waals surface area contributed by atoms with Gasteiger partial charge in [0, 0.05) is 25.0 Å². The Kier molecular flexibility index (Phi) is 4.95. The van der Waals surface area contributed by atoms with Crippen LogP contribution < -0.4 is 5.32 Å². The van der Waals surface area contributed by atoms with Crippen molar-refractivity contribution >= 4 is 0 Å². The third kappa shape index (κ3) is 4.10. The number of nitrogens with one attached hydrogen (secondary N) is 1. The molecule has 0 spiro atoms. The zero-order valence-electron chi connectivity index (χ0n) is 10.6. The molecule has 1 saturated heterocycles. The van der Waals surface area contributed by atoms with Gasteiger partial charge in [-0.15, -0.1) is 0 Å². The van der Waals surface area contributed by atoms with E-state index >= 15 is 0 Å². The lowest BCUT2D eigenvalue weighted by molar-refractivity contribution is 0.0112. The SMILES string of the molecule is CC(NCCC1CCCCO1)c1cccnc1. The summed E-state index contributed by atoms with van der Waals surface area (Å²) in [4.78, 5) is 4.14. The average molecular weight is 234 g/mol. The smallest absolute Gasteiger partial charge is 0.0587 e. The topological polar surface area (TPSA) is 34.1 Å². The van der Waals surface area contributed by atoms with Crippen molar-refractivity contribution in [1.82, 2.24) is 10.3 Å². The first-order chi connectivity index (χ1) is 8.36. The summed E-state index contributed by atoms with van der Waals surface area (Å²) in [5, 5.41) is 3.53. The van der Waals surface area contributed by atoms with Crippen LogP contribution in [0.25, 0.3) is 0 Å². The predicted octanol–water partition coefficient (Wildman–Crippen LogP) is 2.69. The lowest BCUT2D eigenvalue weighted by Crippen LogP contribution is -2.27. The van der Waals surface area contributed by atoms with Crippen molar-refractivity contribution in [3.8, 4) is 0 Å². The van der Waals surface area contributed by atoms with Gasteiger partial charge in [-0.1, -0.05) is 6.07 Å². The molecule has 2 unspecified atom stereocenters. The molecule has 3 heteroatoms. The minimum atomic E-state index is 0.368. The van der Waals surface area contributed by atoms with E-state index in [2.05, 4.69) is 23.3 Å². The summed E-state index contributed by atoms with van der Waals surface area (Å²) in [6, 6.07) is 4.46. The Balaban J connectivity index is 1.67. The van der Waals surface area contributed by atoms with Gasteiger partial charge in [0.05, 0.1) is 6.10 Å². The van der Waals surface area contributed by atoms with Gasteiger partial charge in [-0.2, -0.15) is 0 Å². The molecule has 0 radical (unpaired) electrons. The van der Waals surface area contributed by atoms with Crippen molar-refractivity contribution < 1.29 is 4.74 Å². The maximum atomic E-state index is 5.71. The van der Waals surface area contributed by atoms with Crippen LogP contribution >= 0.6 is 0 Å². The van der Waals surface area contributed by atoms with E-state index in [1.165, 1.54) is 24.8 Å². The van der Waals surface area contributed by atoms with Gasteiger partial charge in [0.15, 0.2) is 0 Å².